The molecule has 0 bridgehead atoms. The molecule has 8 heteroatoms. The highest BCUT2D eigenvalue weighted by Crippen LogP contribution is 2.32. The van der Waals surface area contributed by atoms with Crippen LogP contribution in [0.3, 0.4) is 0 Å². The number of benzene rings is 1. The molecule has 1 saturated heterocycles. The van der Waals surface area contributed by atoms with Crippen LogP contribution in [-0.2, 0) is 4.79 Å². The van der Waals surface area contributed by atoms with Crippen LogP contribution in [0.1, 0.15) is 31.3 Å². The molecule has 1 N–H and O–H groups in total. The number of carbonyl (C=O) groups is 2. The summed E-state index contributed by atoms with van der Waals surface area (Å²) in [5.41, 5.74) is 0.561. The smallest absolute Gasteiger partial charge is 0.290 e. The highest BCUT2D eigenvalue weighted by atomic mass is 32.2. The van der Waals surface area contributed by atoms with Gasteiger partial charge in [0, 0.05) is 11.3 Å². The summed E-state index contributed by atoms with van der Waals surface area (Å²) >= 11 is 3.09. The number of carbonyl (C=O) groups excluding carboxylic acids is 2. The molecule has 1 aliphatic rings. The Hall–Kier alpha value is -2.32. The van der Waals surface area contributed by atoms with Crippen LogP contribution in [0.15, 0.2) is 40.8 Å². The first-order valence-electron chi connectivity index (χ1n) is 8.98. The second-order valence-corrected chi connectivity index (χ2v) is 9.71. The summed E-state index contributed by atoms with van der Waals surface area (Å²) in [6.07, 6.45) is 0. The van der Waals surface area contributed by atoms with Crippen molar-refractivity contribution >= 4 is 45.1 Å². The van der Waals surface area contributed by atoms with Gasteiger partial charge < -0.3 is 14.6 Å². The van der Waals surface area contributed by atoms with Crippen molar-refractivity contribution in [3.63, 3.8) is 0 Å². The molecule has 146 valence electrons. The van der Waals surface area contributed by atoms with Crippen molar-refractivity contribution in [1.29, 1.82) is 0 Å². The maximum Gasteiger partial charge on any atom is 0.290 e. The number of furan rings is 1. The minimum atomic E-state index is -0.493. The SMILES string of the molecule is CC(C)(C)NC(=O)C1CSCN1C(=O)c1ccc(-c2nc3ccccc3s2)o1. The molecule has 28 heavy (non-hydrogen) atoms. The molecule has 1 atom stereocenters. The van der Waals surface area contributed by atoms with Crippen LogP contribution in [0.2, 0.25) is 0 Å². The predicted octanol–water partition coefficient (Wildman–Crippen LogP) is 3.99. The van der Waals surface area contributed by atoms with E-state index in [-0.39, 0.29) is 23.1 Å². The maximum atomic E-state index is 13.0. The lowest BCUT2D eigenvalue weighted by atomic mass is 10.1. The number of hydrogen-bond acceptors (Lipinski definition) is 6. The van der Waals surface area contributed by atoms with E-state index in [1.165, 1.54) is 11.3 Å². The van der Waals surface area contributed by atoms with Gasteiger partial charge in [0.1, 0.15) is 6.04 Å². The number of fused-ring (bicyclic) bond motifs is 1. The largest absolute Gasteiger partial charge is 0.448 e. The fourth-order valence-corrected chi connectivity index (χ4v) is 5.08. The van der Waals surface area contributed by atoms with E-state index in [1.54, 1.807) is 28.8 Å². The van der Waals surface area contributed by atoms with Gasteiger partial charge in [-0.05, 0) is 45.0 Å². The van der Waals surface area contributed by atoms with E-state index >= 15 is 0 Å². The van der Waals surface area contributed by atoms with Crippen molar-refractivity contribution in [3.8, 4) is 10.8 Å². The van der Waals surface area contributed by atoms with E-state index in [0.717, 1.165) is 15.2 Å². The molecular formula is C20H21N3O3S2. The Morgan fingerprint density at radius 3 is 2.75 bits per heavy atom. The molecule has 2 amide bonds. The van der Waals surface area contributed by atoms with Gasteiger partial charge in [0.25, 0.3) is 5.91 Å². The number of thiazole rings is 1. The third kappa shape index (κ3) is 3.79. The number of thioether (sulfide) groups is 1. The zero-order valence-corrected chi connectivity index (χ0v) is 17.5. The average Bonchev–Trinajstić information content (AvgIpc) is 3.36. The van der Waals surface area contributed by atoms with Gasteiger partial charge >= 0.3 is 0 Å². The molecule has 3 aromatic rings. The summed E-state index contributed by atoms with van der Waals surface area (Å²) in [5.74, 6) is 1.43. The zero-order chi connectivity index (χ0) is 19.9. The van der Waals surface area contributed by atoms with Gasteiger partial charge in [-0.2, -0.15) is 0 Å². The fourth-order valence-electron chi connectivity index (χ4n) is 3.00. The number of amides is 2. The van der Waals surface area contributed by atoms with Crippen molar-refractivity contribution < 1.29 is 14.0 Å². The van der Waals surface area contributed by atoms with Gasteiger partial charge in [0.15, 0.2) is 16.5 Å². The monoisotopic (exact) mass is 415 g/mol. The molecule has 6 nitrogen and oxygen atoms in total. The van der Waals surface area contributed by atoms with Crippen LogP contribution in [0.25, 0.3) is 21.0 Å². The number of hydrogen-bond donors (Lipinski definition) is 1. The van der Waals surface area contributed by atoms with E-state index in [0.29, 0.717) is 17.4 Å². The van der Waals surface area contributed by atoms with E-state index in [2.05, 4.69) is 10.3 Å². The van der Waals surface area contributed by atoms with Gasteiger partial charge in [0.05, 0.1) is 16.1 Å². The van der Waals surface area contributed by atoms with E-state index in [1.807, 2.05) is 45.0 Å². The Labute approximate surface area is 171 Å². The Morgan fingerprint density at radius 2 is 2.00 bits per heavy atom. The Morgan fingerprint density at radius 1 is 1.21 bits per heavy atom. The first-order valence-corrected chi connectivity index (χ1v) is 11.0. The lowest BCUT2D eigenvalue weighted by Gasteiger charge is -2.27. The van der Waals surface area contributed by atoms with Gasteiger partial charge in [-0.15, -0.1) is 23.1 Å². The molecule has 1 aromatic carbocycles. The average molecular weight is 416 g/mol. The van der Waals surface area contributed by atoms with Crippen LogP contribution in [0.4, 0.5) is 0 Å². The molecule has 0 spiro atoms. The topological polar surface area (TPSA) is 75.4 Å². The lowest BCUT2D eigenvalue weighted by Crippen LogP contribution is -2.52. The molecule has 0 saturated carbocycles. The summed E-state index contributed by atoms with van der Waals surface area (Å²) in [6, 6.07) is 10.8. The molecular weight excluding hydrogens is 394 g/mol. The summed E-state index contributed by atoms with van der Waals surface area (Å²) in [4.78, 5) is 31.7. The second-order valence-electron chi connectivity index (χ2n) is 7.68. The van der Waals surface area contributed by atoms with E-state index < -0.39 is 6.04 Å². The summed E-state index contributed by atoms with van der Waals surface area (Å²) in [6.45, 7) is 5.78. The van der Waals surface area contributed by atoms with Crippen molar-refractivity contribution in [2.45, 2.75) is 32.4 Å². The lowest BCUT2D eigenvalue weighted by molar-refractivity contribution is -0.125. The van der Waals surface area contributed by atoms with Gasteiger partial charge in [-0.25, -0.2) is 4.98 Å². The van der Waals surface area contributed by atoms with E-state index in [4.69, 9.17) is 4.42 Å². The highest BCUT2D eigenvalue weighted by molar-refractivity contribution is 7.99. The molecule has 4 rings (SSSR count). The van der Waals surface area contributed by atoms with Crippen LogP contribution in [0, 0.1) is 0 Å². The first kappa shape index (κ1) is 19.0. The third-order valence-electron chi connectivity index (χ3n) is 4.27. The summed E-state index contributed by atoms with van der Waals surface area (Å²) in [7, 11) is 0. The maximum absolute atomic E-state index is 13.0. The Bertz CT molecular complexity index is 1000. The van der Waals surface area contributed by atoms with Gasteiger partial charge in [-0.1, -0.05) is 12.1 Å². The first-order chi connectivity index (χ1) is 13.3. The Kier molecular flexibility index (Phi) is 4.93. The molecule has 3 heterocycles. The predicted molar refractivity (Wildman–Crippen MR) is 113 cm³/mol. The van der Waals surface area contributed by atoms with Crippen molar-refractivity contribution in [2.75, 3.05) is 11.6 Å². The molecule has 0 aliphatic carbocycles. The molecule has 0 radical (unpaired) electrons. The van der Waals surface area contributed by atoms with Gasteiger partial charge in [0.2, 0.25) is 5.91 Å². The number of nitrogens with zero attached hydrogens (tertiary/aromatic N) is 2. The number of aromatic nitrogens is 1. The van der Waals surface area contributed by atoms with Crippen LogP contribution in [0.5, 0.6) is 0 Å². The van der Waals surface area contributed by atoms with Crippen LogP contribution >= 0.6 is 23.1 Å². The zero-order valence-electron chi connectivity index (χ0n) is 15.9. The van der Waals surface area contributed by atoms with Crippen molar-refractivity contribution in [3.05, 3.63) is 42.2 Å². The minimum absolute atomic E-state index is 0.135. The van der Waals surface area contributed by atoms with Crippen molar-refractivity contribution in [2.24, 2.45) is 0 Å². The molecule has 1 unspecified atom stereocenters. The summed E-state index contributed by atoms with van der Waals surface area (Å²) < 4.78 is 6.88. The third-order valence-corrected chi connectivity index (χ3v) is 6.33. The van der Waals surface area contributed by atoms with Gasteiger partial charge in [-0.3, -0.25) is 9.59 Å². The number of rotatable bonds is 3. The van der Waals surface area contributed by atoms with Crippen LogP contribution in [-0.4, -0.2) is 44.9 Å². The quantitative estimate of drug-likeness (QED) is 0.700. The van der Waals surface area contributed by atoms with E-state index in [9.17, 15) is 9.59 Å². The number of nitrogens with one attached hydrogen (secondary N) is 1. The molecule has 1 aliphatic heterocycles. The minimum Gasteiger partial charge on any atom is -0.448 e. The Balaban J connectivity index is 1.54. The fraction of sp³-hybridized carbons (Fsp3) is 0.350. The molecule has 2 aromatic heterocycles. The number of para-hydroxylation sites is 1. The highest BCUT2D eigenvalue weighted by Gasteiger charge is 2.37. The second kappa shape index (κ2) is 7.25. The summed E-state index contributed by atoms with van der Waals surface area (Å²) in [5, 5.41) is 3.69. The normalized spacial score (nSPS) is 17.2. The van der Waals surface area contributed by atoms with Crippen molar-refractivity contribution in [1.82, 2.24) is 15.2 Å². The van der Waals surface area contributed by atoms with Crippen LogP contribution < -0.4 is 5.32 Å². The standard InChI is InChI=1S/C20H21N3O3S2/c1-20(2,3)22-17(24)13-10-27-11-23(13)19(25)15-9-8-14(26-15)18-21-12-6-4-5-7-16(12)28-18/h4-9,13H,10-11H2,1-3H3,(H,22,24). The molecule has 1 fully saturated rings.